The van der Waals surface area contributed by atoms with E-state index in [-0.39, 0.29) is 5.25 Å². The van der Waals surface area contributed by atoms with Crippen LogP contribution in [-0.4, -0.2) is 105 Å². The lowest BCUT2D eigenvalue weighted by molar-refractivity contribution is 0.0720. The van der Waals surface area contributed by atoms with E-state index in [4.69, 9.17) is 30.6 Å². The van der Waals surface area contributed by atoms with Gasteiger partial charge in [0.1, 0.15) is 0 Å². The second-order valence-corrected chi connectivity index (χ2v) is 13.7. The summed E-state index contributed by atoms with van der Waals surface area (Å²) in [6, 6.07) is 7.68. The van der Waals surface area contributed by atoms with Crippen LogP contribution in [0.2, 0.25) is 0 Å². The van der Waals surface area contributed by atoms with Crippen molar-refractivity contribution < 1.29 is 17.9 Å². The van der Waals surface area contributed by atoms with Crippen molar-refractivity contribution >= 4 is 49.3 Å². The molecule has 3 aromatic rings. The predicted molar refractivity (Wildman–Crippen MR) is 158 cm³/mol. The van der Waals surface area contributed by atoms with Crippen LogP contribution >= 0.6 is 11.3 Å². The van der Waals surface area contributed by atoms with Gasteiger partial charge in [0.2, 0.25) is 10.0 Å². The average molecular weight is 586 g/mol. The van der Waals surface area contributed by atoms with Crippen molar-refractivity contribution in [2.24, 2.45) is 0 Å². The van der Waals surface area contributed by atoms with Gasteiger partial charge in [0.05, 0.1) is 41.9 Å². The van der Waals surface area contributed by atoms with Gasteiger partial charge in [0.25, 0.3) is 0 Å². The quantitative estimate of drug-likeness (QED) is 0.316. The van der Waals surface area contributed by atoms with E-state index >= 15 is 0 Å². The topological polar surface area (TPSA) is 138 Å². The number of rotatable bonds is 7. The summed E-state index contributed by atoms with van der Waals surface area (Å²) < 4.78 is 39.8. The molecule has 3 N–H and O–H groups in total. The highest BCUT2D eigenvalue weighted by atomic mass is 32.2. The third-order valence-electron chi connectivity index (χ3n) is 7.91. The van der Waals surface area contributed by atoms with Crippen molar-refractivity contribution in [3.63, 3.8) is 0 Å². The van der Waals surface area contributed by atoms with E-state index in [0.717, 1.165) is 54.3 Å². The Kier molecular flexibility index (Phi) is 8.02. The van der Waals surface area contributed by atoms with Crippen molar-refractivity contribution in [1.82, 2.24) is 19.2 Å². The highest BCUT2D eigenvalue weighted by molar-refractivity contribution is 7.89. The van der Waals surface area contributed by atoms with Crippen LogP contribution in [0.5, 0.6) is 0 Å². The molecule has 0 saturated carbocycles. The molecule has 3 saturated heterocycles. The molecule has 0 spiro atoms. The molecule has 2 aromatic heterocycles. The zero-order valence-corrected chi connectivity index (χ0v) is 24.1. The first kappa shape index (κ1) is 27.5. The number of hydrogen-bond acceptors (Lipinski definition) is 11. The average Bonchev–Trinajstić information content (AvgIpc) is 3.40. The van der Waals surface area contributed by atoms with Gasteiger partial charge in [-0.15, -0.1) is 11.3 Å². The van der Waals surface area contributed by atoms with Crippen LogP contribution in [0.3, 0.4) is 0 Å². The van der Waals surface area contributed by atoms with Crippen LogP contribution in [0.1, 0.15) is 23.3 Å². The minimum Gasteiger partial charge on any atom is -0.398 e. The largest absolute Gasteiger partial charge is 0.398 e. The summed E-state index contributed by atoms with van der Waals surface area (Å²) in [5.41, 5.74) is 8.91. The lowest BCUT2D eigenvalue weighted by Crippen LogP contribution is -2.48. The smallest absolute Gasteiger partial charge is 0.217 e. The van der Waals surface area contributed by atoms with Crippen molar-refractivity contribution in [2.75, 3.05) is 76.3 Å². The summed E-state index contributed by atoms with van der Waals surface area (Å²) in [6.07, 6.45) is 2.53. The SMILES string of the molecule is N=Cc1c(N)cccc1-c1nc(N2CCOCC2)c2sc(CN3CCC(S(=O)(=O)N4CCOCC4)CC3)cc2n1. The molecule has 214 valence electrons. The van der Waals surface area contributed by atoms with Crippen LogP contribution in [0.25, 0.3) is 21.6 Å². The fourth-order valence-electron chi connectivity index (χ4n) is 5.69. The van der Waals surface area contributed by atoms with Gasteiger partial charge in [-0.2, -0.15) is 4.31 Å². The summed E-state index contributed by atoms with van der Waals surface area (Å²) in [5, 5.41) is 7.58. The van der Waals surface area contributed by atoms with E-state index in [9.17, 15) is 8.42 Å². The number of nitrogen functional groups attached to an aromatic ring is 1. The molecule has 5 heterocycles. The van der Waals surface area contributed by atoms with Crippen LogP contribution in [0.4, 0.5) is 11.5 Å². The Labute approximate surface area is 238 Å². The summed E-state index contributed by atoms with van der Waals surface area (Å²) in [7, 11) is -3.29. The number of piperidine rings is 1. The first-order valence-corrected chi connectivity index (χ1v) is 16.1. The number of benzene rings is 1. The number of anilines is 2. The molecule has 0 amide bonds. The lowest BCUT2D eigenvalue weighted by atomic mass is 10.1. The van der Waals surface area contributed by atoms with Crippen LogP contribution < -0.4 is 10.6 Å². The van der Waals surface area contributed by atoms with E-state index < -0.39 is 10.0 Å². The number of sulfonamides is 1. The molecule has 3 fully saturated rings. The molecule has 6 rings (SSSR count). The molecule has 0 atom stereocenters. The van der Waals surface area contributed by atoms with Crippen molar-refractivity contribution in [3.05, 3.63) is 34.7 Å². The van der Waals surface area contributed by atoms with Gasteiger partial charge in [0, 0.05) is 60.6 Å². The maximum Gasteiger partial charge on any atom is 0.217 e. The van der Waals surface area contributed by atoms with Crippen molar-refractivity contribution in [3.8, 4) is 11.4 Å². The highest BCUT2D eigenvalue weighted by Gasteiger charge is 2.35. The number of thiophene rings is 1. The number of fused-ring (bicyclic) bond motifs is 1. The minimum absolute atomic E-state index is 0.327. The molecule has 0 aliphatic carbocycles. The van der Waals surface area contributed by atoms with E-state index in [0.29, 0.717) is 69.4 Å². The molecular formula is C27H35N7O4S2. The summed E-state index contributed by atoms with van der Waals surface area (Å²) >= 11 is 1.70. The van der Waals surface area contributed by atoms with Crippen molar-refractivity contribution in [2.45, 2.75) is 24.6 Å². The molecule has 40 heavy (non-hydrogen) atoms. The fraction of sp³-hybridized carbons (Fsp3) is 0.519. The van der Waals surface area contributed by atoms with Crippen LogP contribution in [0, 0.1) is 5.41 Å². The molecule has 3 aliphatic heterocycles. The Morgan fingerprint density at radius 2 is 1.73 bits per heavy atom. The van der Waals surface area contributed by atoms with Gasteiger partial charge in [-0.25, -0.2) is 18.4 Å². The minimum atomic E-state index is -3.29. The number of ether oxygens (including phenoxy) is 2. The Hall–Kier alpha value is -2.68. The number of nitrogens with zero attached hydrogens (tertiary/aromatic N) is 5. The van der Waals surface area contributed by atoms with Crippen molar-refractivity contribution in [1.29, 1.82) is 5.41 Å². The maximum atomic E-state index is 13.1. The van der Waals surface area contributed by atoms with E-state index in [1.165, 1.54) is 11.1 Å². The maximum absolute atomic E-state index is 13.1. The fourth-order valence-corrected chi connectivity index (χ4v) is 8.73. The van der Waals surface area contributed by atoms with Gasteiger partial charge < -0.3 is 25.5 Å². The molecule has 0 radical (unpaired) electrons. The third kappa shape index (κ3) is 5.46. The summed E-state index contributed by atoms with van der Waals surface area (Å²) in [4.78, 5) is 15.7. The Bertz CT molecular complexity index is 1480. The Balaban J connectivity index is 1.25. The number of aromatic nitrogens is 2. The van der Waals surface area contributed by atoms with Gasteiger partial charge in [0.15, 0.2) is 11.6 Å². The molecular weight excluding hydrogens is 550 g/mol. The summed E-state index contributed by atoms with van der Waals surface area (Å²) in [6.45, 7) is 6.86. The molecule has 11 nitrogen and oxygen atoms in total. The number of nitrogens with two attached hydrogens (primary N) is 1. The first-order valence-electron chi connectivity index (χ1n) is 13.8. The molecule has 1 aromatic carbocycles. The number of likely N-dealkylation sites (tertiary alicyclic amines) is 1. The molecule has 0 unspecified atom stereocenters. The Morgan fingerprint density at radius 3 is 2.42 bits per heavy atom. The second kappa shape index (κ2) is 11.7. The zero-order chi connectivity index (χ0) is 27.7. The molecule has 13 heteroatoms. The highest BCUT2D eigenvalue weighted by Crippen LogP contribution is 2.36. The van der Waals surface area contributed by atoms with E-state index in [1.54, 1.807) is 21.7 Å². The second-order valence-electron chi connectivity index (χ2n) is 10.4. The predicted octanol–water partition coefficient (Wildman–Crippen LogP) is 2.40. The third-order valence-corrected chi connectivity index (χ3v) is 11.4. The number of hydrogen-bond donors (Lipinski definition) is 2. The molecule has 0 bridgehead atoms. The monoisotopic (exact) mass is 585 g/mol. The normalized spacial score (nSPS) is 20.2. The first-order chi connectivity index (χ1) is 19.4. The van der Waals surface area contributed by atoms with E-state index in [2.05, 4.69) is 15.9 Å². The Morgan fingerprint density at radius 1 is 1.02 bits per heavy atom. The standard InChI is InChI=1S/C27H35N7O4S2/c28-17-22-21(2-1-3-23(22)29)26-30-24-16-19(39-25(24)27(31-26)33-8-12-37-13-9-33)18-32-6-4-20(5-7-32)40(35,36)34-10-14-38-15-11-34/h1-3,16-17,20,28H,4-15,18,29H2. The van der Waals surface area contributed by atoms with Gasteiger partial charge in [-0.3, -0.25) is 4.90 Å². The zero-order valence-electron chi connectivity index (χ0n) is 22.4. The number of morpholine rings is 2. The van der Waals surface area contributed by atoms with Gasteiger partial charge >= 0.3 is 0 Å². The van der Waals surface area contributed by atoms with Gasteiger partial charge in [-0.1, -0.05) is 12.1 Å². The summed E-state index contributed by atoms with van der Waals surface area (Å²) in [5.74, 6) is 1.44. The van der Waals surface area contributed by atoms with E-state index in [1.807, 2.05) is 12.1 Å². The van der Waals surface area contributed by atoms with Crippen LogP contribution in [-0.2, 0) is 26.0 Å². The van der Waals surface area contributed by atoms with Gasteiger partial charge in [-0.05, 0) is 38.1 Å². The lowest BCUT2D eigenvalue weighted by Gasteiger charge is -2.35. The molecule has 3 aliphatic rings. The number of nitrogens with one attached hydrogen (secondary N) is 1. The van der Waals surface area contributed by atoms with Crippen LogP contribution in [0.15, 0.2) is 24.3 Å².